The summed E-state index contributed by atoms with van der Waals surface area (Å²) in [4.78, 5) is 15.1. The first kappa shape index (κ1) is 12.6. The van der Waals surface area contributed by atoms with Crippen molar-refractivity contribution in [1.29, 1.82) is 0 Å². The third-order valence-corrected chi connectivity index (χ3v) is 3.04. The van der Waals surface area contributed by atoms with Crippen LogP contribution < -0.4 is 0 Å². The molecule has 1 aromatic carbocycles. The van der Waals surface area contributed by atoms with Crippen molar-refractivity contribution >= 4 is 34.5 Å². The van der Waals surface area contributed by atoms with Crippen LogP contribution in [-0.2, 0) is 4.79 Å². The van der Waals surface area contributed by atoms with Crippen LogP contribution in [0.5, 0.6) is 0 Å². The Balaban J connectivity index is 2.64. The Morgan fingerprint density at radius 1 is 1.44 bits per heavy atom. The van der Waals surface area contributed by atoms with Crippen molar-refractivity contribution in [3.8, 4) is 0 Å². The summed E-state index contributed by atoms with van der Waals surface area (Å²) >= 11 is 6.08. The van der Waals surface area contributed by atoms with Crippen LogP contribution in [0.3, 0.4) is 0 Å². The number of aromatic nitrogens is 1. The van der Waals surface area contributed by atoms with Crippen LogP contribution in [0, 0.1) is 6.92 Å². The molecule has 0 saturated carbocycles. The zero-order valence-electron chi connectivity index (χ0n) is 10.1. The van der Waals surface area contributed by atoms with Crippen molar-refractivity contribution < 1.29 is 9.90 Å². The second-order valence-electron chi connectivity index (χ2n) is 4.15. The average molecular weight is 262 g/mol. The Morgan fingerprint density at radius 3 is 2.83 bits per heavy atom. The molecule has 0 aliphatic heterocycles. The van der Waals surface area contributed by atoms with Gasteiger partial charge in [-0.3, -0.25) is 0 Å². The molecule has 18 heavy (non-hydrogen) atoms. The predicted molar refractivity (Wildman–Crippen MR) is 72.8 cm³/mol. The van der Waals surface area contributed by atoms with Gasteiger partial charge in [0.05, 0.1) is 5.52 Å². The maximum absolute atomic E-state index is 10.8. The number of halogens is 1. The lowest BCUT2D eigenvalue weighted by atomic mass is 10.1. The second kappa shape index (κ2) is 4.78. The van der Waals surface area contributed by atoms with E-state index in [0.717, 1.165) is 16.5 Å². The zero-order valence-corrected chi connectivity index (χ0v) is 10.8. The first-order chi connectivity index (χ1) is 8.49. The molecule has 92 valence electrons. The molecule has 1 N–H and O–H groups in total. The van der Waals surface area contributed by atoms with Crippen LogP contribution in [0.4, 0.5) is 0 Å². The number of para-hydroxylation sites is 1. The highest BCUT2D eigenvalue weighted by atomic mass is 35.5. The third-order valence-electron chi connectivity index (χ3n) is 2.74. The van der Waals surface area contributed by atoms with Crippen LogP contribution in [-0.4, -0.2) is 16.1 Å². The standard InChI is InChI=1S/C14H12ClNO2/c1-8-4-3-5-10-7-11(6-9(2)14(17)18)13(15)16-12(8)10/h3-7H,1-2H3,(H,17,18). The number of nitrogens with zero attached hydrogens (tertiary/aromatic N) is 1. The molecule has 0 bridgehead atoms. The fourth-order valence-corrected chi connectivity index (χ4v) is 1.93. The van der Waals surface area contributed by atoms with E-state index >= 15 is 0 Å². The van der Waals surface area contributed by atoms with E-state index in [2.05, 4.69) is 4.98 Å². The summed E-state index contributed by atoms with van der Waals surface area (Å²) in [5.41, 5.74) is 2.73. The van der Waals surface area contributed by atoms with Gasteiger partial charge in [0.25, 0.3) is 0 Å². The molecule has 1 aromatic heterocycles. The quantitative estimate of drug-likeness (QED) is 0.663. The largest absolute Gasteiger partial charge is 0.478 e. The summed E-state index contributed by atoms with van der Waals surface area (Å²) in [6.07, 6.45) is 1.53. The van der Waals surface area contributed by atoms with Crippen molar-refractivity contribution in [3.63, 3.8) is 0 Å². The van der Waals surface area contributed by atoms with Crippen molar-refractivity contribution in [3.05, 3.63) is 46.1 Å². The summed E-state index contributed by atoms with van der Waals surface area (Å²) in [6.45, 7) is 3.49. The molecule has 4 heteroatoms. The molecule has 0 radical (unpaired) electrons. The number of hydrogen-bond acceptors (Lipinski definition) is 2. The Labute approximate surface area is 110 Å². The molecule has 0 fully saturated rings. The second-order valence-corrected chi connectivity index (χ2v) is 4.51. The summed E-state index contributed by atoms with van der Waals surface area (Å²) in [7, 11) is 0. The van der Waals surface area contributed by atoms with Gasteiger partial charge in [-0.15, -0.1) is 0 Å². The van der Waals surface area contributed by atoms with E-state index in [1.165, 1.54) is 13.0 Å². The molecular formula is C14H12ClNO2. The minimum atomic E-state index is -0.963. The number of fused-ring (bicyclic) bond motifs is 1. The predicted octanol–water partition coefficient (Wildman–Crippen LogP) is 3.68. The van der Waals surface area contributed by atoms with Crippen molar-refractivity contribution in [1.82, 2.24) is 4.98 Å². The lowest BCUT2D eigenvalue weighted by molar-refractivity contribution is -0.132. The van der Waals surface area contributed by atoms with E-state index in [1.54, 1.807) is 0 Å². The molecule has 0 saturated heterocycles. The number of carboxylic acids is 1. The summed E-state index contributed by atoms with van der Waals surface area (Å²) in [6, 6.07) is 7.68. The molecule has 0 spiro atoms. The minimum Gasteiger partial charge on any atom is -0.478 e. The molecule has 0 atom stereocenters. The van der Waals surface area contributed by atoms with Gasteiger partial charge < -0.3 is 5.11 Å². The highest BCUT2D eigenvalue weighted by Gasteiger charge is 2.07. The maximum Gasteiger partial charge on any atom is 0.331 e. The van der Waals surface area contributed by atoms with Gasteiger partial charge in [0, 0.05) is 16.5 Å². The first-order valence-corrected chi connectivity index (χ1v) is 5.84. The van der Waals surface area contributed by atoms with E-state index in [0.29, 0.717) is 10.7 Å². The Hall–Kier alpha value is -1.87. The van der Waals surface area contributed by atoms with Crippen molar-refractivity contribution in [2.45, 2.75) is 13.8 Å². The monoisotopic (exact) mass is 261 g/mol. The Bertz CT molecular complexity index is 662. The number of hydrogen-bond donors (Lipinski definition) is 1. The molecular weight excluding hydrogens is 250 g/mol. The maximum atomic E-state index is 10.8. The number of pyridine rings is 1. The smallest absolute Gasteiger partial charge is 0.331 e. The molecule has 0 unspecified atom stereocenters. The van der Waals surface area contributed by atoms with Gasteiger partial charge in [-0.2, -0.15) is 0 Å². The molecule has 2 aromatic rings. The lowest BCUT2D eigenvalue weighted by Gasteiger charge is -2.05. The van der Waals surface area contributed by atoms with Gasteiger partial charge in [0.2, 0.25) is 0 Å². The van der Waals surface area contributed by atoms with E-state index in [9.17, 15) is 4.79 Å². The molecule has 0 aliphatic carbocycles. The van der Waals surface area contributed by atoms with E-state index in [4.69, 9.17) is 16.7 Å². The summed E-state index contributed by atoms with van der Waals surface area (Å²) in [5.74, 6) is -0.963. The third kappa shape index (κ3) is 2.36. The normalized spacial score (nSPS) is 11.8. The summed E-state index contributed by atoms with van der Waals surface area (Å²) in [5, 5.41) is 10.1. The van der Waals surface area contributed by atoms with Crippen LogP contribution in [0.1, 0.15) is 18.1 Å². The highest BCUT2D eigenvalue weighted by Crippen LogP contribution is 2.24. The Morgan fingerprint density at radius 2 is 2.17 bits per heavy atom. The van der Waals surface area contributed by atoms with Crippen LogP contribution in [0.15, 0.2) is 29.8 Å². The van der Waals surface area contributed by atoms with Gasteiger partial charge in [-0.05, 0) is 31.6 Å². The van der Waals surface area contributed by atoms with Crippen molar-refractivity contribution in [2.75, 3.05) is 0 Å². The first-order valence-electron chi connectivity index (χ1n) is 5.46. The van der Waals surface area contributed by atoms with Crippen LogP contribution >= 0.6 is 11.6 Å². The molecule has 2 rings (SSSR count). The number of aryl methyl sites for hydroxylation is 1. The van der Waals surface area contributed by atoms with E-state index in [1.807, 2.05) is 31.2 Å². The zero-order chi connectivity index (χ0) is 13.3. The molecule has 0 aliphatic rings. The van der Waals surface area contributed by atoms with E-state index in [-0.39, 0.29) is 5.57 Å². The SMILES string of the molecule is CC(=Cc1cc2cccc(C)c2nc1Cl)C(=O)O. The number of benzene rings is 1. The average Bonchev–Trinajstić information content (AvgIpc) is 2.31. The molecule has 3 nitrogen and oxygen atoms in total. The highest BCUT2D eigenvalue weighted by molar-refractivity contribution is 6.31. The van der Waals surface area contributed by atoms with Gasteiger partial charge in [0.1, 0.15) is 5.15 Å². The van der Waals surface area contributed by atoms with Crippen molar-refractivity contribution in [2.24, 2.45) is 0 Å². The fourth-order valence-electron chi connectivity index (χ4n) is 1.74. The van der Waals surface area contributed by atoms with Crippen LogP contribution in [0.2, 0.25) is 5.15 Å². The number of carboxylic acid groups (broad SMARTS) is 1. The topological polar surface area (TPSA) is 50.2 Å². The number of aliphatic carboxylic acids is 1. The minimum absolute atomic E-state index is 0.228. The molecule has 1 heterocycles. The number of rotatable bonds is 2. The van der Waals surface area contributed by atoms with Gasteiger partial charge in [-0.25, -0.2) is 9.78 Å². The lowest BCUT2D eigenvalue weighted by Crippen LogP contribution is -1.96. The van der Waals surface area contributed by atoms with E-state index < -0.39 is 5.97 Å². The van der Waals surface area contributed by atoms with Gasteiger partial charge in [0.15, 0.2) is 0 Å². The molecule has 0 amide bonds. The van der Waals surface area contributed by atoms with Gasteiger partial charge >= 0.3 is 5.97 Å². The van der Waals surface area contributed by atoms with Gasteiger partial charge in [-0.1, -0.05) is 29.8 Å². The summed E-state index contributed by atoms with van der Waals surface area (Å²) < 4.78 is 0. The Kier molecular flexibility index (Phi) is 3.34. The number of carbonyl (C=O) groups is 1. The fraction of sp³-hybridized carbons (Fsp3) is 0.143. The van der Waals surface area contributed by atoms with Crippen LogP contribution in [0.25, 0.3) is 17.0 Å².